The van der Waals surface area contributed by atoms with E-state index in [2.05, 4.69) is 17.5 Å². The minimum absolute atomic E-state index is 0.108. The lowest BCUT2D eigenvalue weighted by Gasteiger charge is -2.18. The number of carbonyl (C=O) groups is 1. The molecule has 1 aromatic carbocycles. The van der Waals surface area contributed by atoms with Gasteiger partial charge in [-0.15, -0.1) is 0 Å². The number of anilines is 1. The van der Waals surface area contributed by atoms with E-state index in [1.54, 1.807) is 0 Å². The van der Waals surface area contributed by atoms with E-state index in [1.165, 1.54) is 0 Å². The van der Waals surface area contributed by atoms with Crippen LogP contribution >= 0.6 is 0 Å². The maximum Gasteiger partial charge on any atom is 0.228 e. The van der Waals surface area contributed by atoms with Gasteiger partial charge in [0, 0.05) is 17.7 Å². The summed E-state index contributed by atoms with van der Waals surface area (Å²) >= 11 is 0. The summed E-state index contributed by atoms with van der Waals surface area (Å²) < 4.78 is 11.1. The summed E-state index contributed by atoms with van der Waals surface area (Å²) in [7, 11) is 0. The highest BCUT2D eigenvalue weighted by molar-refractivity contribution is 5.93. The van der Waals surface area contributed by atoms with E-state index in [1.807, 2.05) is 32.0 Å². The second-order valence-electron chi connectivity index (χ2n) is 5.90. The SMILES string of the molecule is CCOc1ccc(NC(=O)C2CC3C=CC2C3)cc1OCC. The van der Waals surface area contributed by atoms with E-state index >= 15 is 0 Å². The quantitative estimate of drug-likeness (QED) is 0.816. The Hall–Kier alpha value is -1.97. The number of amides is 1. The number of hydrogen-bond donors (Lipinski definition) is 1. The number of ether oxygens (including phenoxy) is 2. The van der Waals surface area contributed by atoms with Crippen LogP contribution in [0.5, 0.6) is 11.5 Å². The molecule has 22 heavy (non-hydrogen) atoms. The van der Waals surface area contributed by atoms with Gasteiger partial charge in [-0.1, -0.05) is 12.2 Å². The zero-order valence-corrected chi connectivity index (χ0v) is 13.2. The molecule has 3 rings (SSSR count). The number of hydrogen-bond acceptors (Lipinski definition) is 3. The number of benzene rings is 1. The zero-order chi connectivity index (χ0) is 15.5. The van der Waals surface area contributed by atoms with Gasteiger partial charge >= 0.3 is 0 Å². The van der Waals surface area contributed by atoms with Crippen molar-refractivity contribution in [3.63, 3.8) is 0 Å². The van der Waals surface area contributed by atoms with Gasteiger partial charge in [-0.25, -0.2) is 0 Å². The first-order chi connectivity index (χ1) is 10.7. The standard InChI is InChI=1S/C18H23NO3/c1-3-21-16-8-7-14(11-17(16)22-4-2)19-18(20)15-10-12-5-6-13(15)9-12/h5-8,11-13,15H,3-4,9-10H2,1-2H3,(H,19,20). The first-order valence-corrected chi connectivity index (χ1v) is 8.10. The molecule has 2 bridgehead atoms. The fourth-order valence-electron chi connectivity index (χ4n) is 3.45. The van der Waals surface area contributed by atoms with Crippen molar-refractivity contribution in [2.45, 2.75) is 26.7 Å². The fraction of sp³-hybridized carbons (Fsp3) is 0.500. The molecule has 0 saturated heterocycles. The molecule has 3 atom stereocenters. The van der Waals surface area contributed by atoms with E-state index in [0.29, 0.717) is 36.5 Å². The molecule has 118 valence electrons. The zero-order valence-electron chi connectivity index (χ0n) is 13.2. The second kappa shape index (κ2) is 6.42. The largest absolute Gasteiger partial charge is 0.490 e. The summed E-state index contributed by atoms with van der Waals surface area (Å²) in [6.45, 7) is 5.02. The topological polar surface area (TPSA) is 47.6 Å². The molecule has 0 aliphatic heterocycles. The molecule has 0 heterocycles. The first-order valence-electron chi connectivity index (χ1n) is 8.10. The van der Waals surface area contributed by atoms with Gasteiger partial charge in [0.25, 0.3) is 0 Å². The highest BCUT2D eigenvalue weighted by atomic mass is 16.5. The Labute approximate surface area is 131 Å². The van der Waals surface area contributed by atoms with Crippen molar-refractivity contribution in [3.8, 4) is 11.5 Å². The molecule has 2 aliphatic carbocycles. The van der Waals surface area contributed by atoms with Crippen LogP contribution < -0.4 is 14.8 Å². The number of rotatable bonds is 6. The average molecular weight is 301 g/mol. The molecule has 4 nitrogen and oxygen atoms in total. The van der Waals surface area contributed by atoms with Crippen molar-refractivity contribution in [3.05, 3.63) is 30.4 Å². The van der Waals surface area contributed by atoms with Gasteiger partial charge < -0.3 is 14.8 Å². The minimum Gasteiger partial charge on any atom is -0.490 e. The van der Waals surface area contributed by atoms with Crippen LogP contribution in [0.25, 0.3) is 0 Å². The molecule has 1 N–H and O–H groups in total. The smallest absolute Gasteiger partial charge is 0.228 e. The number of allylic oxidation sites excluding steroid dienone is 2. The molecule has 0 spiro atoms. The van der Waals surface area contributed by atoms with Crippen molar-refractivity contribution in [2.24, 2.45) is 17.8 Å². The Morgan fingerprint density at radius 3 is 2.55 bits per heavy atom. The molecule has 1 saturated carbocycles. The van der Waals surface area contributed by atoms with E-state index in [-0.39, 0.29) is 11.8 Å². The molecular weight excluding hydrogens is 278 g/mol. The van der Waals surface area contributed by atoms with E-state index in [9.17, 15) is 4.79 Å². The van der Waals surface area contributed by atoms with Crippen molar-refractivity contribution in [1.29, 1.82) is 0 Å². The van der Waals surface area contributed by atoms with Gasteiger partial charge in [0.1, 0.15) is 0 Å². The third kappa shape index (κ3) is 2.96. The Morgan fingerprint density at radius 1 is 1.14 bits per heavy atom. The van der Waals surface area contributed by atoms with Crippen LogP contribution in [0, 0.1) is 17.8 Å². The number of carbonyl (C=O) groups excluding carboxylic acids is 1. The van der Waals surface area contributed by atoms with Crippen molar-refractivity contribution in [1.82, 2.24) is 0 Å². The average Bonchev–Trinajstić information content (AvgIpc) is 3.13. The van der Waals surface area contributed by atoms with Crippen molar-refractivity contribution in [2.75, 3.05) is 18.5 Å². The molecule has 4 heteroatoms. The van der Waals surface area contributed by atoms with Crippen LogP contribution in [0.1, 0.15) is 26.7 Å². The van der Waals surface area contributed by atoms with Crippen molar-refractivity contribution >= 4 is 11.6 Å². The summed E-state index contributed by atoms with van der Waals surface area (Å²) in [5.74, 6) is 2.62. The van der Waals surface area contributed by atoms with Crippen molar-refractivity contribution < 1.29 is 14.3 Å². The third-order valence-corrected chi connectivity index (χ3v) is 4.43. The molecule has 3 unspecified atom stereocenters. The maximum absolute atomic E-state index is 12.5. The highest BCUT2D eigenvalue weighted by Crippen LogP contribution is 2.44. The third-order valence-electron chi connectivity index (χ3n) is 4.43. The van der Waals surface area contributed by atoms with E-state index in [4.69, 9.17) is 9.47 Å². The van der Waals surface area contributed by atoms with Gasteiger partial charge in [-0.05, 0) is 50.7 Å². The maximum atomic E-state index is 12.5. The Balaban J connectivity index is 1.70. The lowest BCUT2D eigenvalue weighted by atomic mass is 9.93. The van der Waals surface area contributed by atoms with Gasteiger partial charge in [0.15, 0.2) is 11.5 Å². The summed E-state index contributed by atoms with van der Waals surface area (Å²) in [4.78, 5) is 12.5. The summed E-state index contributed by atoms with van der Waals surface area (Å²) in [5.41, 5.74) is 0.767. The number of nitrogens with one attached hydrogen (secondary N) is 1. The molecule has 1 aromatic rings. The van der Waals surface area contributed by atoms with Crippen LogP contribution in [0.15, 0.2) is 30.4 Å². The van der Waals surface area contributed by atoms with Gasteiger partial charge in [-0.2, -0.15) is 0 Å². The monoisotopic (exact) mass is 301 g/mol. The fourth-order valence-corrected chi connectivity index (χ4v) is 3.45. The van der Waals surface area contributed by atoms with Crippen LogP contribution in [-0.2, 0) is 4.79 Å². The lowest BCUT2D eigenvalue weighted by molar-refractivity contribution is -0.120. The summed E-state index contributed by atoms with van der Waals surface area (Å²) in [6.07, 6.45) is 6.55. The Bertz CT molecular complexity index is 582. The van der Waals surface area contributed by atoms with Gasteiger partial charge in [-0.3, -0.25) is 4.79 Å². The molecule has 0 radical (unpaired) electrons. The molecule has 2 aliphatic rings. The minimum atomic E-state index is 0.108. The van der Waals surface area contributed by atoms with Crippen LogP contribution in [0.4, 0.5) is 5.69 Å². The van der Waals surface area contributed by atoms with Gasteiger partial charge in [0.2, 0.25) is 5.91 Å². The Kier molecular flexibility index (Phi) is 4.36. The van der Waals surface area contributed by atoms with Gasteiger partial charge in [0.05, 0.1) is 13.2 Å². The second-order valence-corrected chi connectivity index (χ2v) is 5.90. The summed E-state index contributed by atoms with van der Waals surface area (Å²) in [6, 6.07) is 5.56. The normalized spacial score (nSPS) is 25.3. The summed E-state index contributed by atoms with van der Waals surface area (Å²) in [5, 5.41) is 3.03. The Morgan fingerprint density at radius 2 is 1.91 bits per heavy atom. The van der Waals surface area contributed by atoms with Crippen LogP contribution in [-0.4, -0.2) is 19.1 Å². The number of fused-ring (bicyclic) bond motifs is 2. The molecule has 1 fully saturated rings. The van der Waals surface area contributed by atoms with E-state index < -0.39 is 0 Å². The predicted molar refractivity (Wildman–Crippen MR) is 86.3 cm³/mol. The van der Waals surface area contributed by atoms with E-state index in [0.717, 1.165) is 18.5 Å². The predicted octanol–water partition coefficient (Wildman–Crippen LogP) is 3.63. The molecular formula is C18H23NO3. The van der Waals surface area contributed by atoms with Crippen LogP contribution in [0.2, 0.25) is 0 Å². The lowest BCUT2D eigenvalue weighted by Crippen LogP contribution is -2.25. The highest BCUT2D eigenvalue weighted by Gasteiger charge is 2.39. The first kappa shape index (κ1) is 14.9. The van der Waals surface area contributed by atoms with Crippen LogP contribution in [0.3, 0.4) is 0 Å². The molecule has 0 aromatic heterocycles. The molecule has 1 amide bonds.